The third kappa shape index (κ3) is 5.59. The summed E-state index contributed by atoms with van der Waals surface area (Å²) in [7, 11) is 0. The van der Waals surface area contributed by atoms with Crippen molar-refractivity contribution in [1.29, 1.82) is 0 Å². The van der Waals surface area contributed by atoms with Gasteiger partial charge in [-0.05, 0) is 189 Å². The second-order valence-electron chi connectivity index (χ2n) is 22.3. The van der Waals surface area contributed by atoms with Crippen LogP contribution in [0.1, 0.15) is 121 Å². The van der Waals surface area contributed by atoms with Crippen LogP contribution in [0.5, 0.6) is 0 Å². The lowest BCUT2D eigenvalue weighted by atomic mass is 9.40. The maximum atomic E-state index is 6.84. The Balaban J connectivity index is 0.775. The average Bonchev–Trinajstić information content (AvgIpc) is 3.89. The lowest BCUT2D eigenvalue weighted by Gasteiger charge is -2.65. The minimum absolute atomic E-state index is 0.677. The molecule has 0 aliphatic heterocycles. The topological polar surface area (TPSA) is 18.1 Å². The number of hydrogen-bond donors (Lipinski definition) is 0. The van der Waals surface area contributed by atoms with Crippen molar-refractivity contribution in [2.24, 2.45) is 71.0 Å². The first-order valence-electron chi connectivity index (χ1n) is 25.8. The Morgan fingerprint density at radius 1 is 0.387 bits per heavy atom. The fourth-order valence-corrected chi connectivity index (χ4v) is 17.9. The minimum atomic E-state index is 0.677. The first-order chi connectivity index (χ1) is 30.7. The summed E-state index contributed by atoms with van der Waals surface area (Å²) in [6.07, 6.45) is 26.1. The Bertz CT molecular complexity index is 2770. The highest BCUT2D eigenvalue weighted by atomic mass is 16.3. The fraction of sp³-hybridized carbons (Fsp3) is 0.500. The molecule has 2 aromatic heterocycles. The van der Waals surface area contributed by atoms with Crippen LogP contribution < -0.4 is 0 Å². The molecule has 13 unspecified atom stereocenters. The first kappa shape index (κ1) is 37.1. The van der Waals surface area contributed by atoms with E-state index >= 15 is 0 Å². The Hall–Kier alpha value is -4.30. The molecule has 2 nitrogen and oxygen atoms in total. The van der Waals surface area contributed by atoms with Crippen molar-refractivity contribution in [3.05, 3.63) is 115 Å². The summed E-state index contributed by atoms with van der Waals surface area (Å²) in [5.41, 5.74) is 9.77. The zero-order valence-electron chi connectivity index (χ0n) is 36.8. The number of nitrogens with zero attached hydrogens (tertiary/aromatic N) is 1. The highest BCUT2D eigenvalue weighted by Gasteiger charge is 2.60. The molecule has 7 aliphatic rings. The summed E-state index contributed by atoms with van der Waals surface area (Å²) in [5.74, 6) is 13.2. The summed E-state index contributed by atoms with van der Waals surface area (Å²) < 4.78 is 9.26. The van der Waals surface area contributed by atoms with Crippen LogP contribution in [-0.4, -0.2) is 4.57 Å². The van der Waals surface area contributed by atoms with E-state index in [9.17, 15) is 0 Å². The zero-order valence-corrected chi connectivity index (χ0v) is 36.8. The number of rotatable bonds is 3. The number of para-hydroxylation sites is 3. The molecule has 0 N–H and O–H groups in total. The molecule has 14 rings (SSSR count). The number of benzene rings is 5. The first-order valence-corrected chi connectivity index (χ1v) is 25.8. The van der Waals surface area contributed by atoms with Crippen LogP contribution in [0.15, 0.2) is 114 Å². The van der Waals surface area contributed by atoms with Gasteiger partial charge in [0.1, 0.15) is 11.2 Å². The predicted octanol–water partition coefficient (Wildman–Crippen LogP) is 16.6. The molecule has 2 heteroatoms. The van der Waals surface area contributed by atoms with Crippen LogP contribution in [0, 0.1) is 71.0 Å². The lowest BCUT2D eigenvalue weighted by Crippen LogP contribution is -2.57. The highest BCUT2D eigenvalue weighted by Crippen LogP contribution is 2.67. The second-order valence-corrected chi connectivity index (χ2v) is 22.3. The number of aromatic nitrogens is 1. The molecule has 7 fully saturated rings. The average molecular weight is 816 g/mol. The van der Waals surface area contributed by atoms with Gasteiger partial charge >= 0.3 is 0 Å². The largest absolute Gasteiger partial charge is 0.455 e. The van der Waals surface area contributed by atoms with E-state index in [4.69, 9.17) is 4.42 Å². The van der Waals surface area contributed by atoms with E-state index in [-0.39, 0.29) is 0 Å². The van der Waals surface area contributed by atoms with Gasteiger partial charge < -0.3 is 8.98 Å². The normalized spacial score (nSPS) is 35.5. The van der Waals surface area contributed by atoms with Crippen molar-refractivity contribution in [3.63, 3.8) is 0 Å². The minimum Gasteiger partial charge on any atom is -0.455 e. The third-order valence-corrected chi connectivity index (χ3v) is 20.1. The van der Waals surface area contributed by atoms with Crippen molar-refractivity contribution in [1.82, 2.24) is 4.57 Å². The number of furan rings is 1. The Morgan fingerprint density at radius 2 is 0.903 bits per heavy atom. The van der Waals surface area contributed by atoms with Gasteiger partial charge in [-0.3, -0.25) is 0 Å². The van der Waals surface area contributed by atoms with Crippen LogP contribution in [0.2, 0.25) is 0 Å². The molecule has 2 heterocycles. The molecule has 0 radical (unpaired) electrons. The maximum Gasteiger partial charge on any atom is 0.143 e. The van der Waals surface area contributed by atoms with Crippen molar-refractivity contribution in [2.75, 3.05) is 0 Å². The summed E-state index contributed by atoms with van der Waals surface area (Å²) in [6, 6.07) is 41.0. The summed E-state index contributed by atoms with van der Waals surface area (Å²) in [4.78, 5) is 0. The second kappa shape index (κ2) is 14.6. The van der Waals surface area contributed by atoms with Gasteiger partial charge in [0.2, 0.25) is 0 Å². The van der Waals surface area contributed by atoms with Crippen molar-refractivity contribution in [3.8, 4) is 16.8 Å². The van der Waals surface area contributed by atoms with Crippen LogP contribution in [0.25, 0.3) is 60.6 Å². The standard InChI is InChI=1S/C60H65NO/c1-3-17-43-41(15-1)42-16-2-4-18-44(42)53-35-55-47-29-27-37(32-51(47)45-19-5-6-20-46(45)54(55)34-52(43)53)36-13-11-14-38(31-36)40-23-12-24-50-56-33-39(28-30-59(56)62-60(40)50)61-57-25-9-7-21-48(57)49-22-8-10-26-58(49)61/h7-14,21-26,28,30-31,33,37,41-47,51-55H,1-6,15-20,27,29,32,34-35H2. The van der Waals surface area contributed by atoms with E-state index in [0.717, 1.165) is 82.2 Å². The zero-order chi connectivity index (χ0) is 40.5. The predicted molar refractivity (Wildman–Crippen MR) is 257 cm³/mol. The molecule has 5 aromatic carbocycles. The molecule has 0 saturated heterocycles. The van der Waals surface area contributed by atoms with Gasteiger partial charge in [-0.15, -0.1) is 0 Å². The van der Waals surface area contributed by atoms with Crippen LogP contribution >= 0.6 is 0 Å². The van der Waals surface area contributed by atoms with Gasteiger partial charge in [0, 0.05) is 32.8 Å². The summed E-state index contributed by atoms with van der Waals surface area (Å²) >= 11 is 0. The SMILES string of the molecule is c1cc(-c2cccc3c2oc2ccc(-n4c5ccccc5c5ccccc54)cc23)cc(C2CCC3C(C2)C2CCCCC2C2CC4C5CCCCC5C5CCCCC5C4CC32)c1. The van der Waals surface area contributed by atoms with Crippen LogP contribution in [0.3, 0.4) is 0 Å². The van der Waals surface area contributed by atoms with Crippen molar-refractivity contribution >= 4 is 43.7 Å². The third-order valence-electron chi connectivity index (χ3n) is 20.1. The molecule has 0 bridgehead atoms. The summed E-state index contributed by atoms with van der Waals surface area (Å²) in [6.45, 7) is 0. The van der Waals surface area contributed by atoms with Gasteiger partial charge in [0.05, 0.1) is 11.0 Å². The lowest BCUT2D eigenvalue weighted by molar-refractivity contribution is -0.155. The van der Waals surface area contributed by atoms with Gasteiger partial charge in [-0.2, -0.15) is 0 Å². The quantitative estimate of drug-likeness (QED) is 0.174. The van der Waals surface area contributed by atoms with Crippen molar-refractivity contribution in [2.45, 2.75) is 115 Å². The number of hydrogen-bond acceptors (Lipinski definition) is 1. The van der Waals surface area contributed by atoms with E-state index < -0.39 is 0 Å². The van der Waals surface area contributed by atoms with Gasteiger partial charge in [-0.1, -0.05) is 117 Å². The number of fused-ring (bicyclic) bond motifs is 18. The van der Waals surface area contributed by atoms with E-state index in [0.29, 0.717) is 5.92 Å². The summed E-state index contributed by atoms with van der Waals surface area (Å²) in [5, 5.41) is 4.98. The molecule has 7 aliphatic carbocycles. The van der Waals surface area contributed by atoms with E-state index in [1.54, 1.807) is 50.5 Å². The molecular formula is C60H65NO. The Kier molecular flexibility index (Phi) is 8.75. The highest BCUT2D eigenvalue weighted by molar-refractivity contribution is 6.12. The fourth-order valence-electron chi connectivity index (χ4n) is 17.9. The molecule has 62 heavy (non-hydrogen) atoms. The van der Waals surface area contributed by atoms with E-state index in [2.05, 4.69) is 114 Å². The Morgan fingerprint density at radius 3 is 1.52 bits per heavy atom. The molecule has 0 spiro atoms. The van der Waals surface area contributed by atoms with Gasteiger partial charge in [0.15, 0.2) is 0 Å². The molecule has 7 saturated carbocycles. The van der Waals surface area contributed by atoms with E-state index in [1.165, 1.54) is 114 Å². The van der Waals surface area contributed by atoms with Crippen LogP contribution in [0.4, 0.5) is 0 Å². The van der Waals surface area contributed by atoms with E-state index in [1.807, 2.05) is 0 Å². The Labute approximate surface area is 368 Å². The van der Waals surface area contributed by atoms with Gasteiger partial charge in [-0.25, -0.2) is 0 Å². The van der Waals surface area contributed by atoms with Crippen LogP contribution in [-0.2, 0) is 0 Å². The molecule has 0 amide bonds. The molecule has 13 atom stereocenters. The maximum absolute atomic E-state index is 6.84. The molecular weight excluding hydrogens is 751 g/mol. The monoisotopic (exact) mass is 816 g/mol. The van der Waals surface area contributed by atoms with Gasteiger partial charge in [0.25, 0.3) is 0 Å². The van der Waals surface area contributed by atoms with Crippen molar-refractivity contribution < 1.29 is 4.42 Å². The molecule has 7 aromatic rings. The smallest absolute Gasteiger partial charge is 0.143 e. The molecule has 316 valence electrons.